The number of piperidine rings is 1. The highest BCUT2D eigenvalue weighted by molar-refractivity contribution is 5.76. The summed E-state index contributed by atoms with van der Waals surface area (Å²) in [5.74, 6) is 0.362. The first-order valence-corrected chi connectivity index (χ1v) is 10.1. The predicted molar refractivity (Wildman–Crippen MR) is 108 cm³/mol. The quantitative estimate of drug-likeness (QED) is 0.857. The van der Waals surface area contributed by atoms with E-state index in [0.29, 0.717) is 31.9 Å². The van der Waals surface area contributed by atoms with Gasteiger partial charge in [-0.05, 0) is 36.6 Å². The molecule has 0 saturated carbocycles. The Morgan fingerprint density at radius 1 is 1.17 bits per heavy atom. The fourth-order valence-corrected chi connectivity index (χ4v) is 4.24. The summed E-state index contributed by atoms with van der Waals surface area (Å²) >= 11 is 0. The summed E-state index contributed by atoms with van der Waals surface area (Å²) in [6.45, 7) is 3.91. The van der Waals surface area contributed by atoms with Crippen LogP contribution in [-0.2, 0) is 22.6 Å². The Hall–Kier alpha value is -2.51. The summed E-state index contributed by atoms with van der Waals surface area (Å²) in [6, 6.07) is 10.4. The molecule has 2 N–H and O–H groups in total. The van der Waals surface area contributed by atoms with Crippen LogP contribution in [0.3, 0.4) is 0 Å². The van der Waals surface area contributed by atoms with Crippen LogP contribution in [0.15, 0.2) is 42.6 Å². The molecule has 2 aliphatic rings. The number of nitrogens with zero attached hydrogens (tertiary/aromatic N) is 3. The number of hydrogen-bond donors (Lipinski definition) is 1. The third-order valence-corrected chi connectivity index (χ3v) is 5.91. The third-order valence-electron chi connectivity index (χ3n) is 5.91. The SMILES string of the molecule is Nc1ncccc1CN1CCC2(CC1)CN(Cc1cccc(F)c1)C(=O)CCO2. The molecule has 2 saturated heterocycles. The van der Waals surface area contributed by atoms with Gasteiger partial charge in [-0.1, -0.05) is 18.2 Å². The number of carbonyl (C=O) groups excluding carboxylic acids is 1. The summed E-state index contributed by atoms with van der Waals surface area (Å²) in [7, 11) is 0. The topological polar surface area (TPSA) is 71.7 Å². The van der Waals surface area contributed by atoms with E-state index in [0.717, 1.165) is 43.6 Å². The number of pyridine rings is 1. The predicted octanol–water partition coefficient (Wildman–Crippen LogP) is 2.59. The van der Waals surface area contributed by atoms with Crippen LogP contribution in [0.1, 0.15) is 30.4 Å². The third kappa shape index (κ3) is 4.74. The molecule has 0 unspecified atom stereocenters. The van der Waals surface area contributed by atoms with Gasteiger partial charge in [0.25, 0.3) is 0 Å². The van der Waals surface area contributed by atoms with E-state index in [9.17, 15) is 9.18 Å². The van der Waals surface area contributed by atoms with Gasteiger partial charge in [0.1, 0.15) is 11.6 Å². The Morgan fingerprint density at radius 2 is 2.00 bits per heavy atom. The Morgan fingerprint density at radius 3 is 2.76 bits per heavy atom. The number of nitrogen functional groups attached to an aromatic ring is 1. The summed E-state index contributed by atoms with van der Waals surface area (Å²) in [6.07, 6.45) is 3.76. The van der Waals surface area contributed by atoms with Gasteiger partial charge in [0.15, 0.2) is 0 Å². The number of nitrogens with two attached hydrogens (primary N) is 1. The second-order valence-electron chi connectivity index (χ2n) is 7.99. The number of benzene rings is 1. The lowest BCUT2D eigenvalue weighted by atomic mass is 9.90. The summed E-state index contributed by atoms with van der Waals surface area (Å²) in [5, 5.41) is 0. The van der Waals surface area contributed by atoms with Crippen molar-refractivity contribution in [2.45, 2.75) is 38.0 Å². The molecule has 1 amide bonds. The van der Waals surface area contributed by atoms with Crippen LogP contribution < -0.4 is 5.73 Å². The van der Waals surface area contributed by atoms with E-state index < -0.39 is 0 Å². The molecule has 2 aromatic rings. The molecule has 1 aromatic heterocycles. The largest absolute Gasteiger partial charge is 0.383 e. The molecule has 2 aliphatic heterocycles. The van der Waals surface area contributed by atoms with Gasteiger partial charge in [-0.2, -0.15) is 0 Å². The van der Waals surface area contributed by atoms with Crippen molar-refractivity contribution in [1.82, 2.24) is 14.8 Å². The molecular weight excluding hydrogens is 371 g/mol. The number of aromatic nitrogens is 1. The smallest absolute Gasteiger partial charge is 0.225 e. The first kappa shape index (κ1) is 19.8. The highest BCUT2D eigenvalue weighted by atomic mass is 19.1. The molecule has 29 heavy (non-hydrogen) atoms. The molecule has 0 bridgehead atoms. The van der Waals surface area contributed by atoms with Crippen molar-refractivity contribution < 1.29 is 13.9 Å². The van der Waals surface area contributed by atoms with Gasteiger partial charge in [-0.15, -0.1) is 0 Å². The van der Waals surface area contributed by atoms with Gasteiger partial charge < -0.3 is 15.4 Å². The number of amides is 1. The molecule has 7 heteroatoms. The Labute approximate surface area is 170 Å². The van der Waals surface area contributed by atoms with Crippen LogP contribution in [-0.4, -0.2) is 52.5 Å². The van der Waals surface area contributed by atoms with Gasteiger partial charge in [0.05, 0.1) is 25.2 Å². The van der Waals surface area contributed by atoms with E-state index in [1.165, 1.54) is 12.1 Å². The highest BCUT2D eigenvalue weighted by Gasteiger charge is 2.40. The molecule has 3 heterocycles. The average molecular weight is 398 g/mol. The molecule has 0 atom stereocenters. The van der Waals surface area contributed by atoms with Crippen LogP contribution in [0, 0.1) is 5.82 Å². The number of carbonyl (C=O) groups is 1. The van der Waals surface area contributed by atoms with E-state index in [4.69, 9.17) is 10.5 Å². The summed E-state index contributed by atoms with van der Waals surface area (Å²) in [4.78, 5) is 20.9. The van der Waals surface area contributed by atoms with Crippen LogP contribution in [0.5, 0.6) is 0 Å². The Kier molecular flexibility index (Phi) is 5.78. The lowest BCUT2D eigenvalue weighted by Gasteiger charge is -2.42. The van der Waals surface area contributed by atoms with Gasteiger partial charge >= 0.3 is 0 Å². The van der Waals surface area contributed by atoms with Crippen molar-refractivity contribution in [2.24, 2.45) is 0 Å². The van der Waals surface area contributed by atoms with E-state index in [2.05, 4.69) is 9.88 Å². The zero-order valence-electron chi connectivity index (χ0n) is 16.5. The standard InChI is InChI=1S/C22H27FN4O2/c23-19-5-1-3-17(13-19)14-27-16-22(29-12-6-20(27)28)7-10-26(11-8-22)15-18-4-2-9-25-21(18)24/h1-5,9,13H,6-8,10-12,14-16H2,(H2,24,25). The number of halogens is 1. The minimum Gasteiger partial charge on any atom is -0.383 e. The minimum absolute atomic E-state index is 0.0664. The maximum absolute atomic E-state index is 13.6. The van der Waals surface area contributed by atoms with Crippen LogP contribution in [0.25, 0.3) is 0 Å². The Bertz CT molecular complexity index is 867. The second-order valence-corrected chi connectivity index (χ2v) is 7.99. The minimum atomic E-state index is -0.337. The lowest BCUT2D eigenvalue weighted by Crippen LogP contribution is -2.51. The summed E-state index contributed by atoms with van der Waals surface area (Å²) < 4.78 is 19.8. The van der Waals surface area contributed by atoms with Crippen LogP contribution >= 0.6 is 0 Å². The van der Waals surface area contributed by atoms with Gasteiger partial charge in [0, 0.05) is 37.9 Å². The van der Waals surface area contributed by atoms with Crippen LogP contribution in [0.2, 0.25) is 0 Å². The summed E-state index contributed by atoms with van der Waals surface area (Å²) in [5.41, 5.74) is 7.48. The maximum atomic E-state index is 13.6. The number of anilines is 1. The zero-order valence-corrected chi connectivity index (χ0v) is 16.5. The monoisotopic (exact) mass is 398 g/mol. The van der Waals surface area contributed by atoms with Crippen molar-refractivity contribution in [3.8, 4) is 0 Å². The van der Waals surface area contributed by atoms with Crippen molar-refractivity contribution in [3.63, 3.8) is 0 Å². The number of ether oxygens (including phenoxy) is 1. The fraction of sp³-hybridized carbons (Fsp3) is 0.455. The molecule has 1 aromatic carbocycles. The molecule has 154 valence electrons. The van der Waals surface area contributed by atoms with E-state index in [-0.39, 0.29) is 17.3 Å². The number of rotatable bonds is 4. The van der Waals surface area contributed by atoms with E-state index >= 15 is 0 Å². The second kappa shape index (κ2) is 8.47. The molecule has 4 rings (SSSR count). The van der Waals surface area contributed by atoms with Gasteiger partial charge in [0.2, 0.25) is 5.91 Å². The average Bonchev–Trinajstić information content (AvgIpc) is 2.85. The van der Waals surface area contributed by atoms with Crippen LogP contribution in [0.4, 0.5) is 10.2 Å². The number of likely N-dealkylation sites (tertiary alicyclic amines) is 1. The van der Waals surface area contributed by atoms with Gasteiger partial charge in [-0.3, -0.25) is 9.69 Å². The number of hydrogen-bond acceptors (Lipinski definition) is 5. The first-order valence-electron chi connectivity index (χ1n) is 10.1. The molecular formula is C22H27FN4O2. The highest BCUT2D eigenvalue weighted by Crippen LogP contribution is 2.31. The van der Waals surface area contributed by atoms with Crippen molar-refractivity contribution >= 4 is 11.7 Å². The van der Waals surface area contributed by atoms with E-state index in [1.807, 2.05) is 23.1 Å². The molecule has 6 nitrogen and oxygen atoms in total. The molecule has 0 radical (unpaired) electrons. The van der Waals surface area contributed by atoms with Gasteiger partial charge in [-0.25, -0.2) is 9.37 Å². The molecule has 0 aliphatic carbocycles. The van der Waals surface area contributed by atoms with E-state index in [1.54, 1.807) is 12.3 Å². The fourth-order valence-electron chi connectivity index (χ4n) is 4.24. The molecule has 1 spiro atoms. The first-order chi connectivity index (χ1) is 14.0. The van der Waals surface area contributed by atoms with Crippen molar-refractivity contribution in [2.75, 3.05) is 32.0 Å². The zero-order chi connectivity index (χ0) is 20.3. The van der Waals surface area contributed by atoms with Crippen molar-refractivity contribution in [1.29, 1.82) is 0 Å². The Balaban J connectivity index is 1.41. The van der Waals surface area contributed by atoms with Crippen molar-refractivity contribution in [3.05, 3.63) is 59.5 Å². The molecule has 2 fully saturated rings. The maximum Gasteiger partial charge on any atom is 0.225 e. The normalized spacial score (nSPS) is 20.0. The lowest BCUT2D eigenvalue weighted by molar-refractivity contribution is -0.132.